The highest BCUT2D eigenvalue weighted by molar-refractivity contribution is 6.30. The molecule has 1 saturated heterocycles. The van der Waals surface area contributed by atoms with E-state index in [4.69, 9.17) is 11.6 Å². The van der Waals surface area contributed by atoms with E-state index >= 15 is 0 Å². The summed E-state index contributed by atoms with van der Waals surface area (Å²) in [5.41, 5.74) is 0.182. The van der Waals surface area contributed by atoms with Crippen LogP contribution in [0.4, 0.5) is 10.1 Å². The quantitative estimate of drug-likeness (QED) is 0.923. The van der Waals surface area contributed by atoms with Gasteiger partial charge < -0.3 is 5.32 Å². The first-order valence-corrected chi connectivity index (χ1v) is 7.45. The van der Waals surface area contributed by atoms with Gasteiger partial charge in [-0.3, -0.25) is 9.69 Å². The fourth-order valence-corrected chi connectivity index (χ4v) is 2.64. The minimum absolute atomic E-state index is 0.173. The van der Waals surface area contributed by atoms with E-state index in [1.165, 1.54) is 25.0 Å². The maximum Gasteiger partial charge on any atom is 0.241 e. The zero-order valence-electron chi connectivity index (χ0n) is 11.7. The molecule has 1 fully saturated rings. The number of hydrogen-bond acceptors (Lipinski definition) is 2. The van der Waals surface area contributed by atoms with Crippen LogP contribution in [0.5, 0.6) is 0 Å². The lowest BCUT2D eigenvalue weighted by atomic mass is 10.2. The summed E-state index contributed by atoms with van der Waals surface area (Å²) >= 11 is 5.69. The molecule has 0 bridgehead atoms. The van der Waals surface area contributed by atoms with E-state index < -0.39 is 5.82 Å². The maximum absolute atomic E-state index is 13.7. The van der Waals surface area contributed by atoms with E-state index in [2.05, 4.69) is 10.2 Å². The van der Waals surface area contributed by atoms with E-state index in [9.17, 15) is 9.18 Å². The Kier molecular flexibility index (Phi) is 5.38. The summed E-state index contributed by atoms with van der Waals surface area (Å²) in [4.78, 5) is 14.4. The third kappa shape index (κ3) is 3.93. The summed E-state index contributed by atoms with van der Waals surface area (Å²) in [6, 6.07) is 4.01. The van der Waals surface area contributed by atoms with Gasteiger partial charge in [0.05, 0.1) is 11.7 Å². The van der Waals surface area contributed by atoms with E-state index in [1.807, 2.05) is 6.92 Å². The third-order valence-electron chi connectivity index (χ3n) is 3.76. The van der Waals surface area contributed by atoms with Crippen molar-refractivity contribution in [1.82, 2.24) is 4.90 Å². The zero-order valence-corrected chi connectivity index (χ0v) is 12.4. The number of likely N-dealkylation sites (tertiary alicyclic amines) is 1. The molecule has 20 heavy (non-hydrogen) atoms. The Hall–Kier alpha value is -1.13. The Morgan fingerprint density at radius 3 is 2.55 bits per heavy atom. The standard InChI is InChI=1S/C15H20ClFN2O/c1-11(19-8-4-2-3-5-9-19)15(20)18-14-7-6-12(16)10-13(14)17/h6-7,10-11H,2-5,8-9H2,1H3,(H,18,20)/t11-/m1/s1. The minimum Gasteiger partial charge on any atom is -0.322 e. The molecule has 1 N–H and O–H groups in total. The average molecular weight is 299 g/mol. The Bertz CT molecular complexity index is 473. The van der Waals surface area contributed by atoms with Gasteiger partial charge in [0.25, 0.3) is 0 Å². The molecule has 5 heteroatoms. The first-order chi connectivity index (χ1) is 9.58. The molecular weight excluding hydrogens is 279 g/mol. The number of anilines is 1. The predicted molar refractivity (Wildman–Crippen MR) is 79.5 cm³/mol. The molecule has 0 aromatic heterocycles. The molecule has 1 atom stereocenters. The second kappa shape index (κ2) is 7.04. The van der Waals surface area contributed by atoms with Crippen molar-refractivity contribution in [3.8, 4) is 0 Å². The summed E-state index contributed by atoms with van der Waals surface area (Å²) < 4.78 is 13.7. The summed E-state index contributed by atoms with van der Waals surface area (Å²) in [5, 5.41) is 2.96. The highest BCUT2D eigenvalue weighted by atomic mass is 35.5. The maximum atomic E-state index is 13.7. The van der Waals surface area contributed by atoms with Crippen LogP contribution < -0.4 is 5.32 Å². The van der Waals surface area contributed by atoms with Crippen LogP contribution in [0.15, 0.2) is 18.2 Å². The van der Waals surface area contributed by atoms with Crippen molar-refractivity contribution in [2.24, 2.45) is 0 Å². The second-order valence-electron chi connectivity index (χ2n) is 5.24. The van der Waals surface area contributed by atoms with Crippen LogP contribution in [0.1, 0.15) is 32.6 Å². The Labute approximate surface area is 124 Å². The Morgan fingerprint density at radius 2 is 1.95 bits per heavy atom. The van der Waals surface area contributed by atoms with Crippen LogP contribution in [0.3, 0.4) is 0 Å². The highest BCUT2D eigenvalue weighted by Crippen LogP contribution is 2.20. The van der Waals surface area contributed by atoms with Crippen molar-refractivity contribution in [3.63, 3.8) is 0 Å². The summed E-state index contributed by atoms with van der Waals surface area (Å²) in [5.74, 6) is -0.679. The van der Waals surface area contributed by atoms with Crippen LogP contribution in [-0.2, 0) is 4.79 Å². The number of nitrogens with one attached hydrogen (secondary N) is 1. The highest BCUT2D eigenvalue weighted by Gasteiger charge is 2.22. The molecule has 1 aliphatic rings. The molecule has 0 aliphatic carbocycles. The molecule has 1 aromatic carbocycles. The number of rotatable bonds is 3. The number of nitrogens with zero attached hydrogens (tertiary/aromatic N) is 1. The molecule has 0 radical (unpaired) electrons. The van der Waals surface area contributed by atoms with E-state index in [0.717, 1.165) is 25.9 Å². The topological polar surface area (TPSA) is 32.3 Å². The first-order valence-electron chi connectivity index (χ1n) is 7.08. The van der Waals surface area contributed by atoms with Crippen LogP contribution in [0, 0.1) is 5.82 Å². The summed E-state index contributed by atoms with van der Waals surface area (Å²) in [7, 11) is 0. The van der Waals surface area contributed by atoms with Crippen LogP contribution in [0.2, 0.25) is 5.02 Å². The zero-order chi connectivity index (χ0) is 14.5. The second-order valence-corrected chi connectivity index (χ2v) is 5.68. The summed E-state index contributed by atoms with van der Waals surface area (Å²) in [6.45, 7) is 3.73. The van der Waals surface area contributed by atoms with Crippen LogP contribution >= 0.6 is 11.6 Å². The Morgan fingerprint density at radius 1 is 1.30 bits per heavy atom. The number of carbonyl (C=O) groups excluding carboxylic acids is 1. The van der Waals surface area contributed by atoms with Gasteiger partial charge in [0.2, 0.25) is 5.91 Å². The van der Waals surface area contributed by atoms with Crippen molar-refractivity contribution in [3.05, 3.63) is 29.0 Å². The molecule has 1 aliphatic heterocycles. The summed E-state index contributed by atoms with van der Waals surface area (Å²) in [6.07, 6.45) is 4.67. The largest absolute Gasteiger partial charge is 0.322 e. The van der Waals surface area contributed by atoms with Gasteiger partial charge in [-0.2, -0.15) is 0 Å². The minimum atomic E-state index is -0.506. The monoisotopic (exact) mass is 298 g/mol. The van der Waals surface area contributed by atoms with Crippen molar-refractivity contribution < 1.29 is 9.18 Å². The van der Waals surface area contributed by atoms with Crippen molar-refractivity contribution >= 4 is 23.2 Å². The van der Waals surface area contributed by atoms with E-state index in [1.54, 1.807) is 6.07 Å². The fourth-order valence-electron chi connectivity index (χ4n) is 2.48. The lowest BCUT2D eigenvalue weighted by Crippen LogP contribution is -2.42. The van der Waals surface area contributed by atoms with Gasteiger partial charge in [-0.05, 0) is 51.1 Å². The number of hydrogen-bond donors (Lipinski definition) is 1. The molecule has 0 spiro atoms. The molecule has 1 heterocycles. The molecule has 1 amide bonds. The number of benzene rings is 1. The van der Waals surface area contributed by atoms with E-state index in [-0.39, 0.29) is 17.6 Å². The van der Waals surface area contributed by atoms with Gasteiger partial charge in [0, 0.05) is 5.02 Å². The van der Waals surface area contributed by atoms with E-state index in [0.29, 0.717) is 5.02 Å². The lowest BCUT2D eigenvalue weighted by Gasteiger charge is -2.26. The molecule has 1 aromatic rings. The molecule has 3 nitrogen and oxygen atoms in total. The smallest absolute Gasteiger partial charge is 0.241 e. The van der Waals surface area contributed by atoms with Crippen LogP contribution in [-0.4, -0.2) is 29.9 Å². The molecule has 2 rings (SSSR count). The van der Waals surface area contributed by atoms with Crippen molar-refractivity contribution in [1.29, 1.82) is 0 Å². The van der Waals surface area contributed by atoms with Gasteiger partial charge in [-0.1, -0.05) is 24.4 Å². The third-order valence-corrected chi connectivity index (χ3v) is 3.99. The average Bonchev–Trinajstić information content (AvgIpc) is 2.70. The van der Waals surface area contributed by atoms with Crippen molar-refractivity contribution in [2.45, 2.75) is 38.6 Å². The Balaban J connectivity index is 1.99. The lowest BCUT2D eigenvalue weighted by molar-refractivity contribution is -0.120. The SMILES string of the molecule is C[C@H](C(=O)Nc1ccc(Cl)cc1F)N1CCCCCC1. The number of halogens is 2. The van der Waals surface area contributed by atoms with Gasteiger partial charge in [-0.15, -0.1) is 0 Å². The van der Waals surface area contributed by atoms with Crippen molar-refractivity contribution in [2.75, 3.05) is 18.4 Å². The molecular formula is C15H20ClFN2O. The van der Waals surface area contributed by atoms with Crippen LogP contribution in [0.25, 0.3) is 0 Å². The fraction of sp³-hybridized carbons (Fsp3) is 0.533. The number of carbonyl (C=O) groups is 1. The molecule has 0 unspecified atom stereocenters. The van der Waals surface area contributed by atoms with Gasteiger partial charge in [-0.25, -0.2) is 4.39 Å². The van der Waals surface area contributed by atoms with Gasteiger partial charge in [0.1, 0.15) is 5.82 Å². The predicted octanol–water partition coefficient (Wildman–Crippen LogP) is 3.68. The normalized spacial score (nSPS) is 18.4. The van der Waals surface area contributed by atoms with Gasteiger partial charge >= 0.3 is 0 Å². The molecule has 0 saturated carbocycles. The molecule has 110 valence electrons. The van der Waals surface area contributed by atoms with Gasteiger partial charge in [0.15, 0.2) is 0 Å². The first kappa shape index (κ1) is 15.3. The number of amides is 1.